The van der Waals surface area contributed by atoms with E-state index in [-0.39, 0.29) is 0 Å². The standard InChI is InChI=1S/C11H13N3/c1-8(2)11-5-9(6-13-11)10-3-4-12-7-14-10/h3-5,7-8H,6H2,1-2H3. The summed E-state index contributed by atoms with van der Waals surface area (Å²) in [6.07, 6.45) is 5.47. The lowest BCUT2D eigenvalue weighted by Crippen LogP contribution is -2.00. The van der Waals surface area contributed by atoms with Crippen LogP contribution in [-0.4, -0.2) is 22.2 Å². The predicted octanol–water partition coefficient (Wildman–Crippen LogP) is 1.97. The van der Waals surface area contributed by atoms with Gasteiger partial charge in [-0.1, -0.05) is 13.8 Å². The van der Waals surface area contributed by atoms with Crippen LogP contribution in [0.1, 0.15) is 19.5 Å². The zero-order valence-corrected chi connectivity index (χ0v) is 8.44. The molecule has 72 valence electrons. The highest BCUT2D eigenvalue weighted by Gasteiger charge is 2.12. The van der Waals surface area contributed by atoms with E-state index >= 15 is 0 Å². The van der Waals surface area contributed by atoms with Gasteiger partial charge in [0.25, 0.3) is 0 Å². The molecule has 1 aliphatic rings. The van der Waals surface area contributed by atoms with Crippen molar-refractivity contribution in [3.05, 3.63) is 30.4 Å². The van der Waals surface area contributed by atoms with E-state index in [0.717, 1.165) is 12.2 Å². The van der Waals surface area contributed by atoms with Gasteiger partial charge in [0.15, 0.2) is 0 Å². The molecule has 2 rings (SSSR count). The Hall–Kier alpha value is -1.51. The molecule has 14 heavy (non-hydrogen) atoms. The van der Waals surface area contributed by atoms with Crippen LogP contribution in [0.5, 0.6) is 0 Å². The zero-order chi connectivity index (χ0) is 9.97. The molecule has 0 N–H and O–H groups in total. The maximum Gasteiger partial charge on any atom is 0.116 e. The van der Waals surface area contributed by atoms with Crippen LogP contribution in [0.15, 0.2) is 29.7 Å². The molecule has 3 nitrogen and oxygen atoms in total. The highest BCUT2D eigenvalue weighted by Crippen LogP contribution is 2.18. The van der Waals surface area contributed by atoms with Crippen molar-refractivity contribution in [1.29, 1.82) is 0 Å². The van der Waals surface area contributed by atoms with Gasteiger partial charge in [0.2, 0.25) is 0 Å². The van der Waals surface area contributed by atoms with Crippen molar-refractivity contribution in [3.63, 3.8) is 0 Å². The Morgan fingerprint density at radius 1 is 1.36 bits per heavy atom. The predicted molar refractivity (Wildman–Crippen MR) is 57.1 cm³/mol. The average molecular weight is 187 g/mol. The third kappa shape index (κ3) is 1.71. The summed E-state index contributed by atoms with van der Waals surface area (Å²) < 4.78 is 0. The Balaban J connectivity index is 2.22. The van der Waals surface area contributed by atoms with E-state index in [1.807, 2.05) is 6.07 Å². The summed E-state index contributed by atoms with van der Waals surface area (Å²) in [6.45, 7) is 5.06. The van der Waals surface area contributed by atoms with E-state index in [9.17, 15) is 0 Å². The van der Waals surface area contributed by atoms with Gasteiger partial charge in [0.1, 0.15) is 6.33 Å². The molecule has 0 amide bonds. The number of hydrogen-bond donors (Lipinski definition) is 0. The van der Waals surface area contributed by atoms with Crippen LogP contribution in [0.2, 0.25) is 0 Å². The van der Waals surface area contributed by atoms with Crippen molar-refractivity contribution < 1.29 is 0 Å². The van der Waals surface area contributed by atoms with Crippen LogP contribution >= 0.6 is 0 Å². The minimum absolute atomic E-state index is 0.495. The minimum Gasteiger partial charge on any atom is -0.285 e. The fraction of sp³-hybridized carbons (Fsp3) is 0.364. The number of aliphatic imine (C=N–C) groups is 1. The summed E-state index contributed by atoms with van der Waals surface area (Å²) in [7, 11) is 0. The number of hydrogen-bond acceptors (Lipinski definition) is 3. The second-order valence-electron chi connectivity index (χ2n) is 3.66. The largest absolute Gasteiger partial charge is 0.285 e. The SMILES string of the molecule is CC(C)C1=NCC(c2ccncn2)=C1. The zero-order valence-electron chi connectivity index (χ0n) is 8.44. The third-order valence-electron chi connectivity index (χ3n) is 2.26. The second kappa shape index (κ2) is 3.70. The van der Waals surface area contributed by atoms with Gasteiger partial charge in [-0.05, 0) is 18.1 Å². The molecule has 0 aliphatic carbocycles. The molecular formula is C11H13N3. The van der Waals surface area contributed by atoms with Gasteiger partial charge >= 0.3 is 0 Å². The van der Waals surface area contributed by atoms with Crippen molar-refractivity contribution in [1.82, 2.24) is 9.97 Å². The van der Waals surface area contributed by atoms with E-state index in [4.69, 9.17) is 0 Å². The molecule has 0 bridgehead atoms. The summed E-state index contributed by atoms with van der Waals surface area (Å²) in [6, 6.07) is 1.92. The Morgan fingerprint density at radius 2 is 2.21 bits per heavy atom. The molecule has 0 spiro atoms. The van der Waals surface area contributed by atoms with Gasteiger partial charge < -0.3 is 0 Å². The van der Waals surface area contributed by atoms with Crippen LogP contribution in [0.4, 0.5) is 0 Å². The van der Waals surface area contributed by atoms with Crippen LogP contribution in [-0.2, 0) is 0 Å². The number of allylic oxidation sites excluding steroid dienone is 1. The fourth-order valence-electron chi connectivity index (χ4n) is 1.43. The first kappa shape index (κ1) is 9.06. The van der Waals surface area contributed by atoms with E-state index in [1.54, 1.807) is 12.5 Å². The highest BCUT2D eigenvalue weighted by molar-refractivity contribution is 6.05. The fourth-order valence-corrected chi connectivity index (χ4v) is 1.43. The molecule has 0 aromatic carbocycles. The summed E-state index contributed by atoms with van der Waals surface area (Å²) in [5.74, 6) is 0.495. The first-order valence-electron chi connectivity index (χ1n) is 4.78. The normalized spacial score (nSPS) is 15.6. The van der Waals surface area contributed by atoms with Crippen molar-refractivity contribution in [2.75, 3.05) is 6.54 Å². The van der Waals surface area contributed by atoms with Crippen molar-refractivity contribution in [2.45, 2.75) is 13.8 Å². The molecule has 0 radical (unpaired) electrons. The lowest BCUT2D eigenvalue weighted by molar-refractivity contribution is 0.887. The molecule has 1 aromatic rings. The Bertz CT molecular complexity index is 377. The van der Waals surface area contributed by atoms with Gasteiger partial charge in [-0.3, -0.25) is 4.99 Å². The molecular weight excluding hydrogens is 174 g/mol. The van der Waals surface area contributed by atoms with E-state index in [0.29, 0.717) is 5.92 Å². The number of nitrogens with zero attached hydrogens (tertiary/aromatic N) is 3. The van der Waals surface area contributed by atoms with Gasteiger partial charge in [0, 0.05) is 17.5 Å². The van der Waals surface area contributed by atoms with Crippen molar-refractivity contribution >= 4 is 11.3 Å². The van der Waals surface area contributed by atoms with Crippen LogP contribution in [0, 0.1) is 5.92 Å². The summed E-state index contributed by atoms with van der Waals surface area (Å²) in [5, 5.41) is 0. The lowest BCUT2D eigenvalue weighted by atomic mass is 10.1. The molecule has 0 saturated carbocycles. The van der Waals surface area contributed by atoms with Crippen LogP contribution < -0.4 is 0 Å². The van der Waals surface area contributed by atoms with E-state index in [1.165, 1.54) is 11.3 Å². The Labute approximate surface area is 83.6 Å². The van der Waals surface area contributed by atoms with Gasteiger partial charge in [-0.2, -0.15) is 0 Å². The van der Waals surface area contributed by atoms with Crippen molar-refractivity contribution in [2.24, 2.45) is 10.9 Å². The van der Waals surface area contributed by atoms with Crippen LogP contribution in [0.25, 0.3) is 5.57 Å². The van der Waals surface area contributed by atoms with Crippen LogP contribution in [0.3, 0.4) is 0 Å². The molecule has 0 fully saturated rings. The third-order valence-corrected chi connectivity index (χ3v) is 2.26. The second-order valence-corrected chi connectivity index (χ2v) is 3.66. The Kier molecular flexibility index (Phi) is 2.39. The first-order valence-corrected chi connectivity index (χ1v) is 4.78. The number of rotatable bonds is 2. The van der Waals surface area contributed by atoms with E-state index in [2.05, 4.69) is 34.9 Å². The average Bonchev–Trinajstić information content (AvgIpc) is 2.68. The van der Waals surface area contributed by atoms with Gasteiger partial charge in [-0.15, -0.1) is 0 Å². The lowest BCUT2D eigenvalue weighted by Gasteiger charge is -1.99. The maximum absolute atomic E-state index is 4.46. The monoisotopic (exact) mass is 187 g/mol. The first-order chi connectivity index (χ1) is 6.77. The number of aromatic nitrogens is 2. The molecule has 2 heterocycles. The molecule has 1 aromatic heterocycles. The highest BCUT2D eigenvalue weighted by atomic mass is 14.8. The molecule has 0 atom stereocenters. The smallest absolute Gasteiger partial charge is 0.116 e. The summed E-state index contributed by atoms with van der Waals surface area (Å²) in [4.78, 5) is 12.6. The quantitative estimate of drug-likeness (QED) is 0.710. The van der Waals surface area contributed by atoms with E-state index < -0.39 is 0 Å². The Morgan fingerprint density at radius 3 is 2.79 bits per heavy atom. The topological polar surface area (TPSA) is 38.1 Å². The summed E-state index contributed by atoms with van der Waals surface area (Å²) in [5.41, 5.74) is 3.34. The molecule has 1 aliphatic heterocycles. The molecule has 3 heteroatoms. The maximum atomic E-state index is 4.46. The van der Waals surface area contributed by atoms with Gasteiger partial charge in [0.05, 0.1) is 12.2 Å². The molecule has 0 unspecified atom stereocenters. The van der Waals surface area contributed by atoms with Crippen molar-refractivity contribution in [3.8, 4) is 0 Å². The minimum atomic E-state index is 0.495. The van der Waals surface area contributed by atoms with Gasteiger partial charge in [-0.25, -0.2) is 9.97 Å². The summed E-state index contributed by atoms with van der Waals surface area (Å²) >= 11 is 0. The molecule has 0 saturated heterocycles.